The van der Waals surface area contributed by atoms with Gasteiger partial charge in [0.05, 0.1) is 17.2 Å². The lowest BCUT2D eigenvalue weighted by Gasteiger charge is -2.34. The Morgan fingerprint density at radius 1 is 1.31 bits per heavy atom. The van der Waals surface area contributed by atoms with Crippen molar-refractivity contribution < 1.29 is 4.74 Å². The highest BCUT2D eigenvalue weighted by atomic mass is 32.1. The van der Waals surface area contributed by atoms with Gasteiger partial charge in [-0.05, 0) is 31.1 Å². The Kier molecular flexibility index (Phi) is 2.68. The molecule has 2 unspecified atom stereocenters. The van der Waals surface area contributed by atoms with Gasteiger partial charge in [-0.2, -0.15) is 0 Å². The van der Waals surface area contributed by atoms with E-state index in [0.29, 0.717) is 22.6 Å². The van der Waals surface area contributed by atoms with Crippen molar-refractivity contribution in [3.05, 3.63) is 0 Å². The van der Waals surface area contributed by atoms with Crippen LogP contribution in [0.25, 0.3) is 0 Å². The lowest BCUT2D eigenvalue weighted by Crippen LogP contribution is -2.45. The van der Waals surface area contributed by atoms with E-state index in [-0.39, 0.29) is 0 Å². The van der Waals surface area contributed by atoms with Crippen molar-refractivity contribution in [2.45, 2.75) is 44.3 Å². The molecule has 16 heavy (non-hydrogen) atoms. The monoisotopic (exact) mass is 240 g/mol. The maximum atomic E-state index is 5.85. The van der Waals surface area contributed by atoms with Crippen LogP contribution in [0.4, 0.5) is 0 Å². The van der Waals surface area contributed by atoms with Crippen molar-refractivity contribution in [2.24, 2.45) is 11.1 Å². The summed E-state index contributed by atoms with van der Waals surface area (Å²) in [6, 6.07) is 0. The summed E-state index contributed by atoms with van der Waals surface area (Å²) in [5, 5.41) is 0. The first-order valence-corrected chi connectivity index (χ1v) is 6.72. The second-order valence-electron chi connectivity index (χ2n) is 5.79. The Morgan fingerprint density at radius 2 is 1.94 bits per heavy atom. The zero-order chi connectivity index (χ0) is 11.2. The maximum absolute atomic E-state index is 5.85. The van der Waals surface area contributed by atoms with Gasteiger partial charge in [0.1, 0.15) is 0 Å². The second kappa shape index (κ2) is 3.93. The van der Waals surface area contributed by atoms with E-state index in [1.165, 1.54) is 32.2 Å². The molecule has 4 heteroatoms. The van der Waals surface area contributed by atoms with Crippen molar-refractivity contribution in [3.63, 3.8) is 0 Å². The molecule has 90 valence electrons. The fourth-order valence-corrected chi connectivity index (χ4v) is 3.55. The molecule has 2 N–H and O–H groups in total. The summed E-state index contributed by atoms with van der Waals surface area (Å²) in [5.74, 6) is 0. The van der Waals surface area contributed by atoms with Crippen molar-refractivity contribution in [1.82, 2.24) is 4.90 Å². The number of hydrogen-bond donors (Lipinski definition) is 1. The molecular formula is C12H20N2OS. The van der Waals surface area contributed by atoms with E-state index in [0.717, 1.165) is 19.5 Å². The minimum absolute atomic E-state index is 0.433. The van der Waals surface area contributed by atoms with Crippen LogP contribution in [0, 0.1) is 5.41 Å². The van der Waals surface area contributed by atoms with E-state index < -0.39 is 0 Å². The number of ether oxygens (including phenoxy) is 1. The van der Waals surface area contributed by atoms with Gasteiger partial charge in [-0.25, -0.2) is 0 Å². The van der Waals surface area contributed by atoms with Gasteiger partial charge >= 0.3 is 0 Å². The average molecular weight is 240 g/mol. The fraction of sp³-hybridized carbons (Fsp3) is 0.917. The second-order valence-corrected chi connectivity index (χ2v) is 6.32. The number of thiocarbonyl (C=S) groups is 1. The average Bonchev–Trinajstić information content (AvgIpc) is 2.84. The normalized spacial score (nSPS) is 36.2. The summed E-state index contributed by atoms with van der Waals surface area (Å²) in [6.07, 6.45) is 7.05. The lowest BCUT2D eigenvalue weighted by atomic mass is 10.0. The Labute approximate surface area is 102 Å². The minimum atomic E-state index is 0.433. The van der Waals surface area contributed by atoms with Crippen molar-refractivity contribution in [1.29, 1.82) is 0 Å². The summed E-state index contributed by atoms with van der Waals surface area (Å²) in [4.78, 5) is 3.27. The van der Waals surface area contributed by atoms with E-state index in [4.69, 9.17) is 22.7 Å². The third-order valence-electron chi connectivity index (χ3n) is 4.18. The van der Waals surface area contributed by atoms with Gasteiger partial charge in [-0.1, -0.05) is 12.2 Å². The Morgan fingerprint density at radius 3 is 2.44 bits per heavy atom. The van der Waals surface area contributed by atoms with E-state index >= 15 is 0 Å². The van der Waals surface area contributed by atoms with Crippen molar-refractivity contribution in [3.8, 4) is 0 Å². The van der Waals surface area contributed by atoms with Crippen LogP contribution in [-0.4, -0.2) is 41.7 Å². The zero-order valence-electron chi connectivity index (χ0n) is 9.65. The first kappa shape index (κ1) is 10.9. The number of hydrogen-bond acceptors (Lipinski definition) is 3. The molecule has 2 atom stereocenters. The molecule has 2 bridgehead atoms. The van der Waals surface area contributed by atoms with Crippen LogP contribution < -0.4 is 5.73 Å². The maximum Gasteiger partial charge on any atom is 0.0733 e. The number of likely N-dealkylation sites (tertiary alicyclic amines) is 1. The van der Waals surface area contributed by atoms with Gasteiger partial charge in [0.15, 0.2) is 0 Å². The first-order chi connectivity index (χ1) is 7.65. The number of morpholine rings is 1. The molecule has 0 amide bonds. The van der Waals surface area contributed by atoms with Crippen LogP contribution in [0.15, 0.2) is 0 Å². The van der Waals surface area contributed by atoms with E-state index in [2.05, 4.69) is 4.90 Å². The van der Waals surface area contributed by atoms with Gasteiger partial charge in [0.2, 0.25) is 0 Å². The van der Waals surface area contributed by atoms with Crippen LogP contribution in [0.5, 0.6) is 0 Å². The molecule has 0 radical (unpaired) electrons. The molecule has 2 aliphatic heterocycles. The number of rotatable bonds is 4. The van der Waals surface area contributed by atoms with Crippen LogP contribution in [0.3, 0.4) is 0 Å². The molecule has 0 spiro atoms. The molecule has 3 rings (SSSR count). The quantitative estimate of drug-likeness (QED) is 0.752. The zero-order valence-corrected chi connectivity index (χ0v) is 10.5. The molecule has 3 aliphatic rings. The van der Waals surface area contributed by atoms with Crippen LogP contribution in [0.1, 0.15) is 32.1 Å². The summed E-state index contributed by atoms with van der Waals surface area (Å²) >= 11 is 5.04. The lowest BCUT2D eigenvalue weighted by molar-refractivity contribution is -0.0435. The molecule has 0 aromatic rings. The Hall–Kier alpha value is -0.190. The molecule has 3 nitrogen and oxygen atoms in total. The first-order valence-electron chi connectivity index (χ1n) is 6.31. The van der Waals surface area contributed by atoms with Gasteiger partial charge in [-0.15, -0.1) is 0 Å². The highest BCUT2D eigenvalue weighted by Gasteiger charge is 2.46. The predicted octanol–water partition coefficient (Wildman–Crippen LogP) is 1.31. The molecule has 3 fully saturated rings. The molecule has 0 aromatic heterocycles. The molecule has 2 heterocycles. The summed E-state index contributed by atoms with van der Waals surface area (Å²) < 4.78 is 5.85. The molecule has 1 saturated carbocycles. The summed E-state index contributed by atoms with van der Waals surface area (Å²) in [6.45, 7) is 3.42. The SMILES string of the molecule is NC(=S)CC1(CN2CC3CCC(C2)O3)CC1. The molecule has 1 aliphatic carbocycles. The van der Waals surface area contributed by atoms with Crippen molar-refractivity contribution in [2.75, 3.05) is 19.6 Å². The fourth-order valence-electron chi connectivity index (χ4n) is 3.24. The van der Waals surface area contributed by atoms with Crippen LogP contribution in [0.2, 0.25) is 0 Å². The van der Waals surface area contributed by atoms with E-state index in [9.17, 15) is 0 Å². The highest BCUT2D eigenvalue weighted by Crippen LogP contribution is 2.49. The number of nitrogens with two attached hydrogens (primary N) is 1. The van der Waals surface area contributed by atoms with E-state index in [1.54, 1.807) is 0 Å². The smallest absolute Gasteiger partial charge is 0.0733 e. The third kappa shape index (κ3) is 2.24. The van der Waals surface area contributed by atoms with Gasteiger partial charge in [0.25, 0.3) is 0 Å². The number of nitrogens with zero attached hydrogens (tertiary/aromatic N) is 1. The van der Waals surface area contributed by atoms with Gasteiger partial charge < -0.3 is 10.5 Å². The van der Waals surface area contributed by atoms with Crippen molar-refractivity contribution >= 4 is 17.2 Å². The largest absolute Gasteiger partial charge is 0.393 e. The van der Waals surface area contributed by atoms with Gasteiger partial charge in [0, 0.05) is 26.1 Å². The predicted molar refractivity (Wildman–Crippen MR) is 67.4 cm³/mol. The van der Waals surface area contributed by atoms with Gasteiger partial charge in [-0.3, -0.25) is 4.90 Å². The highest BCUT2D eigenvalue weighted by molar-refractivity contribution is 7.80. The van der Waals surface area contributed by atoms with Crippen LogP contribution >= 0.6 is 12.2 Å². The topological polar surface area (TPSA) is 38.5 Å². The minimum Gasteiger partial charge on any atom is -0.393 e. The standard InChI is InChI=1S/C12H20N2OS/c13-11(16)5-12(3-4-12)8-14-6-9-1-2-10(7-14)15-9/h9-10H,1-8H2,(H2,13,16). The molecular weight excluding hydrogens is 220 g/mol. The Balaban J connectivity index is 1.57. The summed E-state index contributed by atoms with van der Waals surface area (Å²) in [7, 11) is 0. The molecule has 0 aromatic carbocycles. The summed E-state index contributed by atoms with van der Waals surface area (Å²) in [5.41, 5.74) is 6.11. The molecule has 2 saturated heterocycles. The van der Waals surface area contributed by atoms with Crippen LogP contribution in [-0.2, 0) is 4.74 Å². The Bertz CT molecular complexity index is 291. The van der Waals surface area contributed by atoms with E-state index in [1.807, 2.05) is 0 Å². The number of fused-ring (bicyclic) bond motifs is 2. The third-order valence-corrected chi connectivity index (χ3v) is 4.33.